The van der Waals surface area contributed by atoms with E-state index in [2.05, 4.69) is 51.6 Å². The molecule has 1 unspecified atom stereocenters. The minimum absolute atomic E-state index is 0.00439. The van der Waals surface area contributed by atoms with E-state index in [9.17, 15) is 9.59 Å². The molecule has 2 aliphatic heterocycles. The van der Waals surface area contributed by atoms with Gasteiger partial charge in [0.05, 0.1) is 22.3 Å². The lowest BCUT2D eigenvalue weighted by Gasteiger charge is -2.30. The lowest BCUT2D eigenvalue weighted by Crippen LogP contribution is -2.45. The Labute approximate surface area is 197 Å². The number of carbonyl (C=O) groups is 2. The van der Waals surface area contributed by atoms with Crippen LogP contribution in [0.4, 0.5) is 17.3 Å². The first-order valence-corrected chi connectivity index (χ1v) is 12.0. The Morgan fingerprint density at radius 2 is 1.79 bits per heavy atom. The predicted molar refractivity (Wildman–Crippen MR) is 130 cm³/mol. The number of amides is 2. The molecule has 33 heavy (non-hydrogen) atoms. The van der Waals surface area contributed by atoms with Gasteiger partial charge in [0.15, 0.2) is 5.16 Å². The normalized spacial score (nSPS) is 16.5. The molecule has 5 rings (SSSR count). The zero-order chi connectivity index (χ0) is 22.9. The Balaban J connectivity index is 1.45. The number of aryl methyl sites for hydroxylation is 1. The van der Waals surface area contributed by atoms with E-state index in [1.54, 1.807) is 11.0 Å². The van der Waals surface area contributed by atoms with Crippen molar-refractivity contribution in [2.75, 3.05) is 34.8 Å². The fourth-order valence-electron chi connectivity index (χ4n) is 4.24. The highest BCUT2D eigenvalue weighted by Gasteiger charge is 2.32. The Morgan fingerprint density at radius 3 is 2.55 bits per heavy atom. The fraction of sp³-hybridized carbons (Fsp3) is 0.333. The first kappa shape index (κ1) is 21.5. The van der Waals surface area contributed by atoms with Crippen LogP contribution in [-0.2, 0) is 9.59 Å². The number of thioether (sulfide) groups is 1. The second-order valence-corrected chi connectivity index (χ2v) is 9.71. The van der Waals surface area contributed by atoms with Gasteiger partial charge in [-0.15, -0.1) is 10.2 Å². The van der Waals surface area contributed by atoms with Gasteiger partial charge in [-0.25, -0.2) is 0 Å². The SMILES string of the molecule is Cc1ccc(-n2c(SC(C)C(=O)N3CC(=O)Nc4ccccc43)nnc2N2CCCC2)cc1. The molecule has 0 bridgehead atoms. The lowest BCUT2D eigenvalue weighted by atomic mass is 10.2. The molecule has 0 saturated carbocycles. The molecule has 1 fully saturated rings. The number of benzene rings is 2. The number of fused-ring (bicyclic) bond motifs is 1. The van der Waals surface area contributed by atoms with E-state index in [4.69, 9.17) is 0 Å². The molecule has 1 N–H and O–H groups in total. The maximum atomic E-state index is 13.4. The first-order chi connectivity index (χ1) is 16.0. The molecule has 8 nitrogen and oxygen atoms in total. The Kier molecular flexibility index (Phi) is 5.80. The summed E-state index contributed by atoms with van der Waals surface area (Å²) in [6, 6.07) is 15.6. The molecule has 1 saturated heterocycles. The smallest absolute Gasteiger partial charge is 0.244 e. The van der Waals surface area contributed by atoms with Crippen molar-refractivity contribution in [1.29, 1.82) is 0 Å². The molecule has 0 aliphatic carbocycles. The van der Waals surface area contributed by atoms with Crippen LogP contribution in [0.25, 0.3) is 5.69 Å². The summed E-state index contributed by atoms with van der Waals surface area (Å²) in [5, 5.41) is 12.0. The minimum atomic E-state index is -0.455. The first-order valence-electron chi connectivity index (χ1n) is 11.2. The Bertz CT molecular complexity index is 1190. The molecule has 0 radical (unpaired) electrons. The van der Waals surface area contributed by atoms with Crippen molar-refractivity contribution in [3.05, 3.63) is 54.1 Å². The fourth-order valence-corrected chi connectivity index (χ4v) is 5.16. The number of anilines is 3. The summed E-state index contributed by atoms with van der Waals surface area (Å²) in [4.78, 5) is 29.4. The highest BCUT2D eigenvalue weighted by molar-refractivity contribution is 8.00. The van der Waals surface area contributed by atoms with Gasteiger partial charge in [0.2, 0.25) is 17.8 Å². The average molecular weight is 463 g/mol. The predicted octanol–water partition coefficient (Wildman–Crippen LogP) is 3.64. The number of aromatic nitrogens is 3. The van der Waals surface area contributed by atoms with Gasteiger partial charge in [0.25, 0.3) is 0 Å². The quantitative estimate of drug-likeness (QED) is 0.583. The highest BCUT2D eigenvalue weighted by atomic mass is 32.2. The Morgan fingerprint density at radius 1 is 1.06 bits per heavy atom. The molecular formula is C24H26N6O2S. The molecule has 3 heterocycles. The summed E-state index contributed by atoms with van der Waals surface area (Å²) >= 11 is 1.37. The second-order valence-electron chi connectivity index (χ2n) is 8.40. The van der Waals surface area contributed by atoms with Crippen molar-refractivity contribution in [1.82, 2.24) is 14.8 Å². The van der Waals surface area contributed by atoms with Gasteiger partial charge in [-0.2, -0.15) is 0 Å². The summed E-state index contributed by atoms with van der Waals surface area (Å²) in [5.74, 6) is 0.475. The van der Waals surface area contributed by atoms with Crippen LogP contribution in [0.5, 0.6) is 0 Å². The van der Waals surface area contributed by atoms with E-state index in [1.807, 2.05) is 29.7 Å². The summed E-state index contributed by atoms with van der Waals surface area (Å²) in [5.41, 5.74) is 3.51. The number of carbonyl (C=O) groups excluding carboxylic acids is 2. The van der Waals surface area contributed by atoms with E-state index in [1.165, 1.54) is 17.3 Å². The number of hydrogen-bond donors (Lipinski definition) is 1. The van der Waals surface area contributed by atoms with E-state index >= 15 is 0 Å². The summed E-state index contributed by atoms with van der Waals surface area (Å²) < 4.78 is 2.04. The van der Waals surface area contributed by atoms with Crippen LogP contribution < -0.4 is 15.1 Å². The van der Waals surface area contributed by atoms with E-state index in [0.717, 1.165) is 37.6 Å². The maximum absolute atomic E-state index is 13.4. The number of rotatable bonds is 5. The third-order valence-corrected chi connectivity index (χ3v) is 6.99. The monoisotopic (exact) mass is 462 g/mol. The van der Waals surface area contributed by atoms with Crippen molar-refractivity contribution in [3.8, 4) is 5.69 Å². The highest BCUT2D eigenvalue weighted by Crippen LogP contribution is 2.34. The van der Waals surface area contributed by atoms with Crippen LogP contribution in [0.3, 0.4) is 0 Å². The third-order valence-electron chi connectivity index (χ3n) is 5.96. The van der Waals surface area contributed by atoms with Gasteiger partial charge in [-0.05, 0) is 51.0 Å². The number of nitrogens with one attached hydrogen (secondary N) is 1. The van der Waals surface area contributed by atoms with Crippen LogP contribution in [0.15, 0.2) is 53.7 Å². The van der Waals surface area contributed by atoms with Crippen molar-refractivity contribution in [2.45, 2.75) is 37.1 Å². The number of nitrogens with zero attached hydrogens (tertiary/aromatic N) is 5. The molecule has 2 aliphatic rings. The molecule has 0 spiro atoms. The van der Waals surface area contributed by atoms with Crippen molar-refractivity contribution in [3.63, 3.8) is 0 Å². The maximum Gasteiger partial charge on any atom is 0.244 e. The third kappa shape index (κ3) is 4.20. The molecule has 2 aromatic carbocycles. The van der Waals surface area contributed by atoms with Gasteiger partial charge in [-0.3, -0.25) is 19.1 Å². The van der Waals surface area contributed by atoms with E-state index in [0.29, 0.717) is 16.5 Å². The molecule has 1 atom stereocenters. The van der Waals surface area contributed by atoms with Gasteiger partial charge in [-0.1, -0.05) is 41.6 Å². The van der Waals surface area contributed by atoms with Crippen LogP contribution in [-0.4, -0.2) is 51.5 Å². The van der Waals surface area contributed by atoms with Crippen molar-refractivity contribution in [2.24, 2.45) is 0 Å². The largest absolute Gasteiger partial charge is 0.341 e. The second kappa shape index (κ2) is 8.90. The summed E-state index contributed by atoms with van der Waals surface area (Å²) in [7, 11) is 0. The van der Waals surface area contributed by atoms with Crippen LogP contribution in [0, 0.1) is 6.92 Å². The number of para-hydroxylation sites is 2. The van der Waals surface area contributed by atoms with Gasteiger partial charge in [0.1, 0.15) is 6.54 Å². The molecule has 1 aromatic heterocycles. The van der Waals surface area contributed by atoms with Crippen LogP contribution in [0.1, 0.15) is 25.3 Å². The molecule has 2 amide bonds. The lowest BCUT2D eigenvalue weighted by molar-refractivity contribution is -0.121. The summed E-state index contributed by atoms with van der Waals surface area (Å²) in [6.07, 6.45) is 2.27. The zero-order valence-electron chi connectivity index (χ0n) is 18.7. The standard InChI is InChI=1S/C24H26N6O2S/c1-16-9-11-18(12-10-16)30-23(28-13-5-6-14-28)26-27-24(30)33-17(2)22(32)29-15-21(31)25-19-7-3-4-8-20(19)29/h3-4,7-12,17H,5-6,13-15H2,1-2H3,(H,25,31). The van der Waals surface area contributed by atoms with Gasteiger partial charge < -0.3 is 10.2 Å². The Hall–Kier alpha value is -3.33. The molecule has 9 heteroatoms. The summed E-state index contributed by atoms with van der Waals surface area (Å²) in [6.45, 7) is 5.81. The van der Waals surface area contributed by atoms with Gasteiger partial charge >= 0.3 is 0 Å². The number of hydrogen-bond acceptors (Lipinski definition) is 6. The zero-order valence-corrected chi connectivity index (χ0v) is 19.5. The van der Waals surface area contributed by atoms with Crippen LogP contribution in [0.2, 0.25) is 0 Å². The van der Waals surface area contributed by atoms with E-state index in [-0.39, 0.29) is 18.4 Å². The van der Waals surface area contributed by atoms with E-state index < -0.39 is 5.25 Å². The van der Waals surface area contributed by atoms with Crippen LogP contribution >= 0.6 is 11.8 Å². The molecular weight excluding hydrogens is 436 g/mol. The van der Waals surface area contributed by atoms with Gasteiger partial charge in [0, 0.05) is 13.1 Å². The van der Waals surface area contributed by atoms with Crippen molar-refractivity contribution < 1.29 is 9.59 Å². The molecule has 3 aromatic rings. The molecule has 170 valence electrons. The average Bonchev–Trinajstić information content (AvgIpc) is 3.48. The minimum Gasteiger partial charge on any atom is -0.341 e. The van der Waals surface area contributed by atoms with Crippen molar-refractivity contribution >= 4 is 40.9 Å². The topological polar surface area (TPSA) is 83.4 Å².